The first-order valence-electron chi connectivity index (χ1n) is 7.56. The number of likely N-dealkylation sites (N-methyl/N-ethyl adjacent to an activating group) is 1. The number of ether oxygens (including phenoxy) is 1. The van der Waals surface area contributed by atoms with Gasteiger partial charge in [0.05, 0.1) is 6.54 Å². The number of carbonyl (C=O) groups excluding carboxylic acids is 2. The first kappa shape index (κ1) is 18.0. The van der Waals surface area contributed by atoms with E-state index < -0.39 is 6.03 Å². The third-order valence-corrected chi connectivity index (χ3v) is 2.97. The van der Waals surface area contributed by atoms with E-state index in [9.17, 15) is 9.59 Å². The maximum atomic E-state index is 11.7. The van der Waals surface area contributed by atoms with Crippen LogP contribution in [0.25, 0.3) is 0 Å². The number of nitrogens with one attached hydrogen (secondary N) is 2. The van der Waals surface area contributed by atoms with Crippen LogP contribution < -0.4 is 15.4 Å². The van der Waals surface area contributed by atoms with Crippen LogP contribution >= 0.6 is 0 Å². The summed E-state index contributed by atoms with van der Waals surface area (Å²) in [6.07, 6.45) is 1.90. The van der Waals surface area contributed by atoms with Gasteiger partial charge < -0.3 is 10.1 Å². The van der Waals surface area contributed by atoms with Crippen molar-refractivity contribution < 1.29 is 14.3 Å². The second-order valence-corrected chi connectivity index (χ2v) is 5.06. The number of benzene rings is 1. The van der Waals surface area contributed by atoms with Gasteiger partial charge in [0.15, 0.2) is 0 Å². The second-order valence-electron chi connectivity index (χ2n) is 5.06. The Balaban J connectivity index is 2.14. The third kappa shape index (κ3) is 8.26. The van der Waals surface area contributed by atoms with Crippen molar-refractivity contribution in [2.45, 2.75) is 19.8 Å². The number of imide groups is 1. The summed E-state index contributed by atoms with van der Waals surface area (Å²) >= 11 is 0. The smallest absolute Gasteiger partial charge is 0.321 e. The van der Waals surface area contributed by atoms with Crippen molar-refractivity contribution in [3.63, 3.8) is 0 Å². The van der Waals surface area contributed by atoms with Crippen molar-refractivity contribution in [2.75, 3.05) is 33.3 Å². The molecular weight excluding hydrogens is 282 g/mol. The summed E-state index contributed by atoms with van der Waals surface area (Å²) in [5.41, 5.74) is 0. The molecule has 22 heavy (non-hydrogen) atoms. The van der Waals surface area contributed by atoms with Crippen molar-refractivity contribution >= 4 is 11.9 Å². The fourth-order valence-electron chi connectivity index (χ4n) is 1.75. The van der Waals surface area contributed by atoms with Gasteiger partial charge in [0.25, 0.3) is 0 Å². The molecule has 0 aliphatic rings. The average molecular weight is 307 g/mol. The number of nitrogens with zero attached hydrogens (tertiary/aromatic N) is 1. The van der Waals surface area contributed by atoms with Gasteiger partial charge in [-0.05, 0) is 25.6 Å². The summed E-state index contributed by atoms with van der Waals surface area (Å²) in [6.45, 7) is 3.85. The molecule has 2 N–H and O–H groups in total. The molecule has 0 unspecified atom stereocenters. The van der Waals surface area contributed by atoms with Gasteiger partial charge in [-0.25, -0.2) is 4.79 Å². The van der Waals surface area contributed by atoms with Crippen LogP contribution in [0.4, 0.5) is 4.79 Å². The molecule has 0 aliphatic heterocycles. The van der Waals surface area contributed by atoms with E-state index in [0.29, 0.717) is 19.7 Å². The molecule has 0 saturated heterocycles. The summed E-state index contributed by atoms with van der Waals surface area (Å²) in [4.78, 5) is 24.9. The third-order valence-electron chi connectivity index (χ3n) is 2.97. The molecule has 1 aromatic carbocycles. The van der Waals surface area contributed by atoms with Crippen LogP contribution in [0.15, 0.2) is 30.3 Å². The molecule has 0 spiro atoms. The summed E-state index contributed by atoms with van der Waals surface area (Å²) in [7, 11) is 1.81. The van der Waals surface area contributed by atoms with Gasteiger partial charge in [-0.15, -0.1) is 0 Å². The highest BCUT2D eigenvalue weighted by molar-refractivity contribution is 5.95. The Bertz CT molecular complexity index is 451. The summed E-state index contributed by atoms with van der Waals surface area (Å²) in [5, 5.41) is 4.94. The Morgan fingerprint density at radius 3 is 2.64 bits per heavy atom. The highest BCUT2D eigenvalue weighted by atomic mass is 16.5. The number of para-hydroxylation sites is 1. The summed E-state index contributed by atoms with van der Waals surface area (Å²) < 4.78 is 5.55. The number of rotatable bonds is 9. The molecule has 0 aliphatic carbocycles. The first-order valence-corrected chi connectivity index (χ1v) is 7.56. The number of unbranched alkanes of at least 4 members (excludes halogenated alkanes) is 1. The van der Waals surface area contributed by atoms with E-state index in [1.807, 2.05) is 44.3 Å². The minimum absolute atomic E-state index is 0.152. The Morgan fingerprint density at radius 2 is 1.95 bits per heavy atom. The molecule has 0 fully saturated rings. The van der Waals surface area contributed by atoms with E-state index in [2.05, 4.69) is 10.6 Å². The molecule has 0 aromatic heterocycles. The zero-order chi connectivity index (χ0) is 16.2. The van der Waals surface area contributed by atoms with Crippen molar-refractivity contribution in [2.24, 2.45) is 0 Å². The molecule has 0 radical (unpaired) electrons. The minimum Gasteiger partial charge on any atom is -0.492 e. The van der Waals surface area contributed by atoms with Crippen LogP contribution in [0, 0.1) is 0 Å². The van der Waals surface area contributed by atoms with Gasteiger partial charge in [0.1, 0.15) is 12.4 Å². The summed E-state index contributed by atoms with van der Waals surface area (Å²) in [5.74, 6) is 0.479. The van der Waals surface area contributed by atoms with Gasteiger partial charge >= 0.3 is 6.03 Å². The lowest BCUT2D eigenvalue weighted by Crippen LogP contribution is -2.44. The SMILES string of the molecule is CCCCNC(=O)NC(=O)CN(C)CCOc1ccccc1. The van der Waals surface area contributed by atoms with E-state index in [-0.39, 0.29) is 12.5 Å². The largest absolute Gasteiger partial charge is 0.492 e. The highest BCUT2D eigenvalue weighted by Crippen LogP contribution is 2.07. The molecule has 1 aromatic rings. The van der Waals surface area contributed by atoms with Crippen molar-refractivity contribution in [3.8, 4) is 5.75 Å². The van der Waals surface area contributed by atoms with Gasteiger partial charge in [0, 0.05) is 13.1 Å². The van der Waals surface area contributed by atoms with Crippen molar-refractivity contribution in [1.82, 2.24) is 15.5 Å². The molecule has 3 amide bonds. The molecular formula is C16H25N3O3. The lowest BCUT2D eigenvalue weighted by molar-refractivity contribution is -0.120. The lowest BCUT2D eigenvalue weighted by atomic mass is 10.3. The number of carbonyl (C=O) groups is 2. The van der Waals surface area contributed by atoms with E-state index >= 15 is 0 Å². The molecule has 1 rings (SSSR count). The fraction of sp³-hybridized carbons (Fsp3) is 0.500. The average Bonchev–Trinajstić information content (AvgIpc) is 2.48. The highest BCUT2D eigenvalue weighted by Gasteiger charge is 2.10. The van der Waals surface area contributed by atoms with Crippen LogP contribution in [-0.4, -0.2) is 50.1 Å². The normalized spacial score (nSPS) is 10.3. The Morgan fingerprint density at radius 1 is 1.23 bits per heavy atom. The van der Waals surface area contributed by atoms with Gasteiger partial charge in [-0.3, -0.25) is 15.0 Å². The summed E-state index contributed by atoms with van der Waals surface area (Å²) in [6, 6.07) is 9.07. The molecule has 0 bridgehead atoms. The van der Waals surface area contributed by atoms with E-state index in [1.54, 1.807) is 4.90 Å². The van der Waals surface area contributed by atoms with E-state index in [1.165, 1.54) is 0 Å². The van der Waals surface area contributed by atoms with Gasteiger partial charge in [0.2, 0.25) is 5.91 Å². The topological polar surface area (TPSA) is 70.7 Å². The second kappa shape index (κ2) is 10.6. The van der Waals surface area contributed by atoms with Gasteiger partial charge in [-0.1, -0.05) is 31.5 Å². The number of hydrogen-bond donors (Lipinski definition) is 2. The Labute approximate surface area is 131 Å². The maximum Gasteiger partial charge on any atom is 0.321 e. The van der Waals surface area contributed by atoms with Crippen molar-refractivity contribution in [3.05, 3.63) is 30.3 Å². The lowest BCUT2D eigenvalue weighted by Gasteiger charge is -2.16. The van der Waals surface area contributed by atoms with Crippen LogP contribution in [0.5, 0.6) is 5.75 Å². The van der Waals surface area contributed by atoms with Crippen LogP contribution in [-0.2, 0) is 4.79 Å². The van der Waals surface area contributed by atoms with Crippen LogP contribution in [0.3, 0.4) is 0 Å². The maximum absolute atomic E-state index is 11.7. The molecule has 0 heterocycles. The standard InChI is InChI=1S/C16H25N3O3/c1-3-4-10-17-16(21)18-15(20)13-19(2)11-12-22-14-8-6-5-7-9-14/h5-9H,3-4,10-13H2,1-2H3,(H2,17,18,20,21). The number of urea groups is 1. The molecule has 6 nitrogen and oxygen atoms in total. The minimum atomic E-state index is -0.438. The Hall–Kier alpha value is -2.08. The van der Waals surface area contributed by atoms with Gasteiger partial charge in [-0.2, -0.15) is 0 Å². The predicted molar refractivity (Wildman–Crippen MR) is 85.9 cm³/mol. The van der Waals surface area contributed by atoms with Crippen LogP contribution in [0.2, 0.25) is 0 Å². The fourth-order valence-corrected chi connectivity index (χ4v) is 1.75. The zero-order valence-electron chi connectivity index (χ0n) is 13.3. The monoisotopic (exact) mass is 307 g/mol. The van der Waals surface area contributed by atoms with Crippen LogP contribution in [0.1, 0.15) is 19.8 Å². The van der Waals surface area contributed by atoms with E-state index in [4.69, 9.17) is 4.74 Å². The Kier molecular flexibility index (Phi) is 8.67. The quantitative estimate of drug-likeness (QED) is 0.680. The number of amides is 3. The first-order chi connectivity index (χ1) is 10.6. The predicted octanol–water partition coefficient (Wildman–Crippen LogP) is 1.62. The molecule has 0 atom stereocenters. The molecule has 122 valence electrons. The zero-order valence-corrected chi connectivity index (χ0v) is 13.3. The van der Waals surface area contributed by atoms with Crippen molar-refractivity contribution in [1.29, 1.82) is 0 Å². The molecule has 6 heteroatoms. The molecule has 0 saturated carbocycles. The van der Waals surface area contributed by atoms with E-state index in [0.717, 1.165) is 18.6 Å². The number of hydrogen-bond acceptors (Lipinski definition) is 4.